The number of nitrogens with zero attached hydrogens (tertiary/aromatic N) is 2. The highest BCUT2D eigenvalue weighted by Crippen LogP contribution is 2.39. The molecule has 0 saturated heterocycles. The number of thiophene rings is 1. The third-order valence-electron chi connectivity index (χ3n) is 3.05. The highest BCUT2D eigenvalue weighted by atomic mass is 127. The number of benzene rings is 1. The van der Waals surface area contributed by atoms with Gasteiger partial charge in [-0.15, -0.1) is 11.3 Å². The summed E-state index contributed by atoms with van der Waals surface area (Å²) in [6.07, 6.45) is 0. The zero-order valence-electron chi connectivity index (χ0n) is 10.6. The smallest absolute Gasteiger partial charge is 0.130 e. The van der Waals surface area contributed by atoms with Crippen molar-refractivity contribution in [2.24, 2.45) is 7.05 Å². The Morgan fingerprint density at radius 3 is 2.80 bits per heavy atom. The van der Waals surface area contributed by atoms with E-state index in [-0.39, 0.29) is 0 Å². The quantitative estimate of drug-likeness (QED) is 0.619. The maximum absolute atomic E-state index is 6.22. The van der Waals surface area contributed by atoms with Crippen LogP contribution in [0.25, 0.3) is 21.7 Å². The molecule has 0 atom stereocenters. The van der Waals surface area contributed by atoms with Gasteiger partial charge in [0, 0.05) is 21.1 Å². The minimum atomic E-state index is 0.664. The molecule has 0 aliphatic heterocycles. The number of nitrogen functional groups attached to an aromatic ring is 1. The number of anilines is 1. The molecule has 3 nitrogen and oxygen atoms in total. The van der Waals surface area contributed by atoms with E-state index in [1.54, 1.807) is 16.0 Å². The summed E-state index contributed by atoms with van der Waals surface area (Å²) in [7, 11) is 1.85. The van der Waals surface area contributed by atoms with Gasteiger partial charge in [-0.25, -0.2) is 0 Å². The van der Waals surface area contributed by atoms with Crippen LogP contribution in [-0.4, -0.2) is 9.78 Å². The minimum absolute atomic E-state index is 0.664. The van der Waals surface area contributed by atoms with E-state index in [1.807, 2.05) is 36.7 Å². The summed E-state index contributed by atoms with van der Waals surface area (Å²) in [5, 5.41) is 7.30. The second kappa shape index (κ2) is 5.38. The Labute approximate surface area is 139 Å². The Kier molecular flexibility index (Phi) is 3.74. The number of hydrogen-bond donors (Lipinski definition) is 1. The molecule has 1 aromatic carbocycles. The van der Waals surface area contributed by atoms with Gasteiger partial charge in [-0.05, 0) is 46.2 Å². The van der Waals surface area contributed by atoms with Crippen molar-refractivity contribution >= 4 is 51.3 Å². The average Bonchev–Trinajstić information content (AvgIpc) is 3.03. The predicted octanol–water partition coefficient (Wildman–Crippen LogP) is 4.66. The van der Waals surface area contributed by atoms with Gasteiger partial charge in [0.25, 0.3) is 0 Å². The van der Waals surface area contributed by atoms with Crippen LogP contribution < -0.4 is 5.73 Å². The molecule has 0 unspecified atom stereocenters. The molecule has 20 heavy (non-hydrogen) atoms. The molecule has 6 heteroatoms. The Morgan fingerprint density at radius 2 is 2.15 bits per heavy atom. The van der Waals surface area contributed by atoms with Crippen molar-refractivity contribution in [2.75, 3.05) is 5.73 Å². The van der Waals surface area contributed by atoms with E-state index < -0.39 is 0 Å². The molecule has 2 aromatic heterocycles. The number of aryl methyl sites for hydroxylation is 1. The molecular weight excluding hydrogens is 405 g/mol. The Morgan fingerprint density at radius 1 is 1.35 bits per heavy atom. The normalized spacial score (nSPS) is 10.9. The van der Waals surface area contributed by atoms with Crippen molar-refractivity contribution in [3.05, 3.63) is 44.3 Å². The van der Waals surface area contributed by atoms with Gasteiger partial charge in [-0.2, -0.15) is 5.10 Å². The zero-order chi connectivity index (χ0) is 14.3. The van der Waals surface area contributed by atoms with Crippen LogP contribution in [0.3, 0.4) is 0 Å². The number of aromatic nitrogens is 2. The van der Waals surface area contributed by atoms with Gasteiger partial charge in [0.05, 0.1) is 10.6 Å². The maximum atomic E-state index is 6.22. The van der Waals surface area contributed by atoms with Gasteiger partial charge in [-0.3, -0.25) is 4.68 Å². The molecule has 0 spiro atoms. The van der Waals surface area contributed by atoms with Gasteiger partial charge >= 0.3 is 0 Å². The van der Waals surface area contributed by atoms with E-state index in [1.165, 1.54) is 0 Å². The van der Waals surface area contributed by atoms with Crippen LogP contribution in [0.5, 0.6) is 0 Å². The van der Waals surface area contributed by atoms with Crippen LogP contribution >= 0.6 is 45.5 Å². The third kappa shape index (κ3) is 2.34. The largest absolute Gasteiger partial charge is 0.383 e. The van der Waals surface area contributed by atoms with Crippen LogP contribution in [0.1, 0.15) is 0 Å². The zero-order valence-corrected chi connectivity index (χ0v) is 14.3. The first-order chi connectivity index (χ1) is 9.58. The molecule has 102 valence electrons. The van der Waals surface area contributed by atoms with Crippen molar-refractivity contribution in [1.29, 1.82) is 0 Å². The summed E-state index contributed by atoms with van der Waals surface area (Å²) in [6, 6.07) is 10.0. The van der Waals surface area contributed by atoms with Crippen LogP contribution in [0.4, 0.5) is 5.82 Å². The molecule has 2 heterocycles. The molecule has 3 aromatic rings. The van der Waals surface area contributed by atoms with Crippen LogP contribution in [0, 0.1) is 3.57 Å². The molecule has 0 bridgehead atoms. The molecule has 0 radical (unpaired) electrons. The fourth-order valence-electron chi connectivity index (χ4n) is 2.05. The number of hydrogen-bond acceptors (Lipinski definition) is 3. The summed E-state index contributed by atoms with van der Waals surface area (Å²) >= 11 is 10.1. The number of nitrogens with two attached hydrogens (primary N) is 1. The number of halogens is 2. The first-order valence-corrected chi connectivity index (χ1v) is 8.23. The predicted molar refractivity (Wildman–Crippen MR) is 94.1 cm³/mol. The van der Waals surface area contributed by atoms with Crippen molar-refractivity contribution in [3.63, 3.8) is 0 Å². The lowest BCUT2D eigenvalue weighted by Gasteiger charge is -2.03. The summed E-state index contributed by atoms with van der Waals surface area (Å²) < 4.78 is 2.73. The van der Waals surface area contributed by atoms with E-state index >= 15 is 0 Å². The Hall–Kier alpha value is -1.05. The first kappa shape index (κ1) is 13.9. The summed E-state index contributed by atoms with van der Waals surface area (Å²) in [5.41, 5.74) is 8.99. The van der Waals surface area contributed by atoms with Crippen molar-refractivity contribution in [2.45, 2.75) is 0 Å². The standard InChI is InChI=1S/C14H11ClIN3S/c1-19-14(17)12(11-3-2-6-20-11)13(18-19)8-4-5-10(16)9(15)7-8/h2-7H,17H2,1H3. The molecule has 0 aliphatic rings. The first-order valence-electron chi connectivity index (χ1n) is 5.89. The van der Waals surface area contributed by atoms with Crippen molar-refractivity contribution < 1.29 is 0 Å². The van der Waals surface area contributed by atoms with Gasteiger partial charge in [0.15, 0.2) is 0 Å². The number of rotatable bonds is 2. The summed E-state index contributed by atoms with van der Waals surface area (Å²) in [4.78, 5) is 1.11. The monoisotopic (exact) mass is 415 g/mol. The lowest BCUT2D eigenvalue weighted by Crippen LogP contribution is -1.97. The molecule has 3 rings (SSSR count). The highest BCUT2D eigenvalue weighted by Gasteiger charge is 2.18. The molecule has 0 fully saturated rings. The van der Waals surface area contributed by atoms with E-state index in [0.29, 0.717) is 5.82 Å². The van der Waals surface area contributed by atoms with Gasteiger partial charge in [-0.1, -0.05) is 23.7 Å². The van der Waals surface area contributed by atoms with Crippen LogP contribution in [0.2, 0.25) is 5.02 Å². The lowest BCUT2D eigenvalue weighted by molar-refractivity contribution is 0.782. The fraction of sp³-hybridized carbons (Fsp3) is 0.0714. The highest BCUT2D eigenvalue weighted by molar-refractivity contribution is 14.1. The van der Waals surface area contributed by atoms with Gasteiger partial charge in [0.2, 0.25) is 0 Å². The van der Waals surface area contributed by atoms with E-state index in [2.05, 4.69) is 33.8 Å². The second-order valence-electron chi connectivity index (χ2n) is 4.34. The van der Waals surface area contributed by atoms with Crippen LogP contribution in [0.15, 0.2) is 35.7 Å². The topological polar surface area (TPSA) is 43.8 Å². The summed E-state index contributed by atoms with van der Waals surface area (Å²) in [6.45, 7) is 0. The average molecular weight is 416 g/mol. The molecular formula is C14H11ClIN3S. The van der Waals surface area contributed by atoms with Crippen molar-refractivity contribution in [1.82, 2.24) is 9.78 Å². The van der Waals surface area contributed by atoms with Gasteiger partial charge < -0.3 is 5.73 Å². The summed E-state index contributed by atoms with van der Waals surface area (Å²) in [5.74, 6) is 0.664. The molecule has 0 amide bonds. The Bertz CT molecular complexity index is 765. The SMILES string of the molecule is Cn1nc(-c2ccc(I)c(Cl)c2)c(-c2cccs2)c1N. The lowest BCUT2D eigenvalue weighted by atomic mass is 10.1. The Balaban J connectivity index is 2.24. The molecule has 0 saturated carbocycles. The fourth-order valence-corrected chi connectivity index (χ4v) is 3.34. The second-order valence-corrected chi connectivity index (χ2v) is 6.86. The van der Waals surface area contributed by atoms with E-state index in [4.69, 9.17) is 17.3 Å². The van der Waals surface area contributed by atoms with Gasteiger partial charge in [0.1, 0.15) is 11.5 Å². The molecule has 2 N–H and O–H groups in total. The minimum Gasteiger partial charge on any atom is -0.383 e. The van der Waals surface area contributed by atoms with E-state index in [0.717, 1.165) is 30.3 Å². The van der Waals surface area contributed by atoms with E-state index in [9.17, 15) is 0 Å². The maximum Gasteiger partial charge on any atom is 0.130 e. The van der Waals surface area contributed by atoms with Crippen molar-refractivity contribution in [3.8, 4) is 21.7 Å². The molecule has 0 aliphatic carbocycles. The van der Waals surface area contributed by atoms with Crippen LogP contribution in [-0.2, 0) is 7.05 Å². The third-order valence-corrected chi connectivity index (χ3v) is 5.51.